The van der Waals surface area contributed by atoms with Crippen LogP contribution in [-0.4, -0.2) is 52.4 Å². The molecule has 232 valence electrons. The molecular weight excluding hydrogens is 520 g/mol. The molecule has 0 aromatic heterocycles. The van der Waals surface area contributed by atoms with Crippen molar-refractivity contribution < 1.29 is 23.9 Å². The maximum Gasteiger partial charge on any atom is 0.408 e. The number of nitrogens with one attached hydrogen (secondary N) is 2. The van der Waals surface area contributed by atoms with Crippen molar-refractivity contribution in [3.05, 3.63) is 34.9 Å². The topological polar surface area (TPSA) is 131 Å². The molecule has 9 heteroatoms. The highest BCUT2D eigenvalue weighted by atomic mass is 16.6. The molecule has 1 aromatic carbocycles. The summed E-state index contributed by atoms with van der Waals surface area (Å²) >= 11 is 0. The molecular formula is C32H54N4O5. The molecule has 0 heterocycles. The fourth-order valence-corrected chi connectivity index (χ4v) is 4.75. The Balaban J connectivity index is 3.60. The molecule has 0 spiro atoms. The fourth-order valence-electron chi connectivity index (χ4n) is 4.75. The van der Waals surface area contributed by atoms with Crippen LogP contribution in [0, 0.1) is 13.8 Å². The van der Waals surface area contributed by atoms with Crippen molar-refractivity contribution in [3.63, 3.8) is 0 Å². The third-order valence-corrected chi connectivity index (χ3v) is 6.58. The van der Waals surface area contributed by atoms with Crippen molar-refractivity contribution in [2.24, 2.45) is 5.73 Å². The van der Waals surface area contributed by atoms with Gasteiger partial charge in [0.2, 0.25) is 17.7 Å². The van der Waals surface area contributed by atoms with Crippen LogP contribution in [0.5, 0.6) is 0 Å². The smallest absolute Gasteiger partial charge is 0.408 e. The zero-order chi connectivity index (χ0) is 31.4. The number of rotatable bonds is 15. The predicted molar refractivity (Wildman–Crippen MR) is 163 cm³/mol. The maximum absolute atomic E-state index is 14.4. The Morgan fingerprint density at radius 3 is 2.00 bits per heavy atom. The SMILES string of the molecule is CCCCCCCCN(C(=O)C(CCC(N)=O)NC(=O)OC(C)(C)C)C(C(=O)NC(C)(C)C)c1c(C)cccc1C. The number of unbranched alkanes of at least 4 members (excludes halogenated alkanes) is 5. The molecule has 0 saturated heterocycles. The number of benzene rings is 1. The summed E-state index contributed by atoms with van der Waals surface area (Å²) in [6.45, 7) is 17.2. The molecule has 9 nitrogen and oxygen atoms in total. The third kappa shape index (κ3) is 13.4. The molecule has 0 aliphatic carbocycles. The van der Waals surface area contributed by atoms with E-state index in [4.69, 9.17) is 10.5 Å². The Morgan fingerprint density at radius 1 is 0.927 bits per heavy atom. The van der Waals surface area contributed by atoms with Crippen molar-refractivity contribution in [3.8, 4) is 0 Å². The number of hydrogen-bond donors (Lipinski definition) is 3. The molecule has 0 fully saturated rings. The molecule has 1 aromatic rings. The van der Waals surface area contributed by atoms with Gasteiger partial charge in [0, 0.05) is 18.5 Å². The molecule has 0 saturated carbocycles. The van der Waals surface area contributed by atoms with Crippen molar-refractivity contribution in [1.29, 1.82) is 0 Å². The second-order valence-electron chi connectivity index (χ2n) is 13.0. The van der Waals surface area contributed by atoms with Crippen molar-refractivity contribution in [1.82, 2.24) is 15.5 Å². The molecule has 2 atom stereocenters. The van der Waals surface area contributed by atoms with Gasteiger partial charge < -0.3 is 26.0 Å². The number of carbonyl (C=O) groups is 4. The Kier molecular flexibility index (Phi) is 14.3. The molecule has 2 unspecified atom stereocenters. The van der Waals surface area contributed by atoms with Crippen LogP contribution < -0.4 is 16.4 Å². The van der Waals surface area contributed by atoms with E-state index in [9.17, 15) is 19.2 Å². The minimum absolute atomic E-state index is 0.0131. The van der Waals surface area contributed by atoms with Gasteiger partial charge in [-0.25, -0.2) is 4.79 Å². The lowest BCUT2D eigenvalue weighted by atomic mass is 9.92. The van der Waals surface area contributed by atoms with E-state index in [1.165, 1.54) is 0 Å². The van der Waals surface area contributed by atoms with Gasteiger partial charge in [-0.3, -0.25) is 14.4 Å². The largest absolute Gasteiger partial charge is 0.444 e. The predicted octanol–water partition coefficient (Wildman–Crippen LogP) is 5.61. The monoisotopic (exact) mass is 574 g/mol. The molecule has 41 heavy (non-hydrogen) atoms. The summed E-state index contributed by atoms with van der Waals surface area (Å²) in [5.74, 6) is -1.35. The minimum atomic E-state index is -1.10. The van der Waals surface area contributed by atoms with Gasteiger partial charge in [-0.2, -0.15) is 0 Å². The number of nitrogens with zero attached hydrogens (tertiary/aromatic N) is 1. The number of nitrogens with two attached hydrogens (primary N) is 1. The lowest BCUT2D eigenvalue weighted by Gasteiger charge is -2.37. The Labute approximate surface area is 247 Å². The summed E-state index contributed by atoms with van der Waals surface area (Å²) in [7, 11) is 0. The molecule has 0 aliphatic rings. The van der Waals surface area contributed by atoms with E-state index < -0.39 is 41.1 Å². The summed E-state index contributed by atoms with van der Waals surface area (Å²) in [5.41, 5.74) is 6.61. The lowest BCUT2D eigenvalue weighted by molar-refractivity contribution is -0.143. The number of primary amides is 1. The van der Waals surface area contributed by atoms with Gasteiger partial charge >= 0.3 is 6.09 Å². The van der Waals surface area contributed by atoms with Crippen molar-refractivity contribution >= 4 is 23.8 Å². The van der Waals surface area contributed by atoms with E-state index in [-0.39, 0.29) is 18.7 Å². The molecule has 0 radical (unpaired) electrons. The van der Waals surface area contributed by atoms with Gasteiger partial charge in [0.25, 0.3) is 0 Å². The van der Waals surface area contributed by atoms with Gasteiger partial charge in [0.05, 0.1) is 0 Å². The summed E-state index contributed by atoms with van der Waals surface area (Å²) in [6.07, 6.45) is 5.10. The van der Waals surface area contributed by atoms with E-state index in [1.54, 1.807) is 25.7 Å². The number of carbonyl (C=O) groups excluding carboxylic acids is 4. The molecule has 4 amide bonds. The lowest BCUT2D eigenvalue weighted by Crippen LogP contribution is -2.55. The number of ether oxygens (including phenoxy) is 1. The highest BCUT2D eigenvalue weighted by Crippen LogP contribution is 2.30. The second-order valence-corrected chi connectivity index (χ2v) is 13.0. The number of alkyl carbamates (subject to hydrolysis) is 1. The first-order valence-electron chi connectivity index (χ1n) is 14.9. The normalized spacial score (nSPS) is 13.2. The van der Waals surface area contributed by atoms with Gasteiger partial charge in [-0.1, -0.05) is 57.2 Å². The molecule has 1 rings (SSSR count). The quantitative estimate of drug-likeness (QED) is 0.235. The molecule has 4 N–H and O–H groups in total. The van der Waals surface area contributed by atoms with Crippen LogP contribution in [0.2, 0.25) is 0 Å². The van der Waals surface area contributed by atoms with Gasteiger partial charge in [-0.05, 0) is 84.9 Å². The third-order valence-electron chi connectivity index (χ3n) is 6.58. The van der Waals surface area contributed by atoms with E-state index in [0.29, 0.717) is 13.0 Å². The Morgan fingerprint density at radius 2 is 1.49 bits per heavy atom. The van der Waals surface area contributed by atoms with Crippen LogP contribution in [-0.2, 0) is 19.1 Å². The van der Waals surface area contributed by atoms with Crippen molar-refractivity contribution in [2.45, 2.75) is 137 Å². The van der Waals surface area contributed by atoms with Crippen LogP contribution in [0.3, 0.4) is 0 Å². The Bertz CT molecular complexity index is 1010. The van der Waals surface area contributed by atoms with Crippen LogP contribution in [0.1, 0.15) is 123 Å². The standard InChI is InChI=1S/C32H54N4O5/c1-10-11-12-13-14-15-21-36(29(39)24(19-20-25(33)37)34-30(40)41-32(7,8)9)27(28(38)35-31(4,5)6)26-22(2)17-16-18-23(26)3/h16-18,24,27H,10-15,19-21H2,1-9H3,(H2,33,37)(H,34,40)(H,35,38). The summed E-state index contributed by atoms with van der Waals surface area (Å²) in [4.78, 5) is 54.4. The maximum atomic E-state index is 14.4. The average molecular weight is 575 g/mol. The van der Waals surface area contributed by atoms with Gasteiger partial charge in [0.15, 0.2) is 0 Å². The zero-order valence-electron chi connectivity index (χ0n) is 26.8. The number of hydrogen-bond acceptors (Lipinski definition) is 5. The molecule has 0 bridgehead atoms. The molecule has 0 aliphatic heterocycles. The van der Waals surface area contributed by atoms with E-state index in [0.717, 1.165) is 48.8 Å². The minimum Gasteiger partial charge on any atom is -0.444 e. The van der Waals surface area contributed by atoms with E-state index in [2.05, 4.69) is 17.6 Å². The second kappa shape index (κ2) is 16.4. The summed E-state index contributed by atoms with van der Waals surface area (Å²) in [5, 5.41) is 5.73. The first-order valence-corrected chi connectivity index (χ1v) is 14.9. The summed E-state index contributed by atoms with van der Waals surface area (Å²) in [6, 6.07) is 3.74. The average Bonchev–Trinajstić information content (AvgIpc) is 2.81. The first-order chi connectivity index (χ1) is 19.0. The van der Waals surface area contributed by atoms with E-state index >= 15 is 0 Å². The van der Waals surface area contributed by atoms with Crippen LogP contribution in [0.15, 0.2) is 18.2 Å². The highest BCUT2D eigenvalue weighted by molar-refractivity contribution is 5.93. The zero-order valence-corrected chi connectivity index (χ0v) is 26.8. The van der Waals surface area contributed by atoms with Gasteiger partial charge in [-0.15, -0.1) is 0 Å². The number of aryl methyl sites for hydroxylation is 2. The van der Waals surface area contributed by atoms with E-state index in [1.807, 2.05) is 52.8 Å². The summed E-state index contributed by atoms with van der Waals surface area (Å²) < 4.78 is 5.42. The first kappa shape index (κ1) is 35.9. The van der Waals surface area contributed by atoms with Crippen LogP contribution in [0.25, 0.3) is 0 Å². The fraction of sp³-hybridized carbons (Fsp3) is 0.688. The Hall–Kier alpha value is -3.10. The van der Waals surface area contributed by atoms with Gasteiger partial charge in [0.1, 0.15) is 17.7 Å². The highest BCUT2D eigenvalue weighted by Gasteiger charge is 2.38. The van der Waals surface area contributed by atoms with Crippen LogP contribution in [0.4, 0.5) is 4.79 Å². The van der Waals surface area contributed by atoms with Crippen molar-refractivity contribution in [2.75, 3.05) is 6.54 Å². The number of amides is 4. The van der Waals surface area contributed by atoms with Crippen LogP contribution >= 0.6 is 0 Å².